The number of carbonyl (C=O) groups is 1. The van der Waals surface area contributed by atoms with Crippen LogP contribution in [0.15, 0.2) is 79.1 Å². The van der Waals surface area contributed by atoms with E-state index in [1.165, 1.54) is 24.8 Å². The molecule has 0 radical (unpaired) electrons. The molecule has 0 bridgehead atoms. The van der Waals surface area contributed by atoms with Crippen molar-refractivity contribution in [3.63, 3.8) is 0 Å². The topological polar surface area (TPSA) is 99.2 Å². The van der Waals surface area contributed by atoms with Crippen LogP contribution in [0, 0.1) is 17.7 Å². The lowest BCUT2D eigenvalue weighted by molar-refractivity contribution is -0.146. The maximum atomic E-state index is 13.5. The van der Waals surface area contributed by atoms with Crippen molar-refractivity contribution in [1.82, 2.24) is 24.4 Å². The summed E-state index contributed by atoms with van der Waals surface area (Å²) in [7, 11) is 1.48. The number of carbonyl (C=O) groups excluding carboxylic acids is 1. The number of benzene rings is 2. The average Bonchev–Trinajstić information content (AvgIpc) is 3.42. The summed E-state index contributed by atoms with van der Waals surface area (Å²) in [5, 5.41) is 0. The molecular weight excluding hydrogens is 555 g/mol. The van der Waals surface area contributed by atoms with Crippen molar-refractivity contribution in [3.05, 3.63) is 90.5 Å². The Morgan fingerprint density at radius 1 is 0.977 bits per heavy atom. The Kier molecular flexibility index (Phi) is 7.56. The van der Waals surface area contributed by atoms with Gasteiger partial charge in [-0.15, -0.1) is 0 Å². The van der Waals surface area contributed by atoms with E-state index in [2.05, 4.69) is 34.1 Å². The fraction of sp³-hybridized carbons (Fsp3) is 0.314. The van der Waals surface area contributed by atoms with Crippen LogP contribution in [0.3, 0.4) is 0 Å². The van der Waals surface area contributed by atoms with Crippen LogP contribution in [0.1, 0.15) is 37.2 Å². The molecular formula is C35H35FN6O2. The van der Waals surface area contributed by atoms with Crippen molar-refractivity contribution < 1.29 is 13.9 Å². The van der Waals surface area contributed by atoms with Gasteiger partial charge in [0.1, 0.15) is 17.2 Å². The standard InChI is InChI=1S/C35H35FN6O2/c1-44-35(43)25-6-4-22(5-7-25)19-41-20-27(21-41)24-10-14-29(15-11-24)42-33(30-3-2-16-38-32(30)37)40-31-17-26(18-39-34(31)42)23-8-12-28(36)13-9-23/h2-3,8-18,22,25,27H,4-7,19-21H2,1H3,(H2,37,38). The molecule has 0 atom stereocenters. The summed E-state index contributed by atoms with van der Waals surface area (Å²) in [6.07, 6.45) is 7.53. The van der Waals surface area contributed by atoms with Gasteiger partial charge >= 0.3 is 5.97 Å². The number of nitrogens with two attached hydrogens (primary N) is 1. The van der Waals surface area contributed by atoms with Gasteiger partial charge < -0.3 is 15.4 Å². The van der Waals surface area contributed by atoms with Gasteiger partial charge in [0.25, 0.3) is 0 Å². The highest BCUT2D eigenvalue weighted by Gasteiger charge is 2.33. The van der Waals surface area contributed by atoms with Crippen molar-refractivity contribution in [2.45, 2.75) is 31.6 Å². The Labute approximate surface area is 255 Å². The van der Waals surface area contributed by atoms with E-state index in [4.69, 9.17) is 20.4 Å². The molecule has 0 spiro atoms. The second kappa shape index (κ2) is 11.8. The van der Waals surface area contributed by atoms with Crippen LogP contribution >= 0.6 is 0 Å². The predicted octanol–water partition coefficient (Wildman–Crippen LogP) is 6.25. The van der Waals surface area contributed by atoms with Crippen molar-refractivity contribution in [2.24, 2.45) is 11.8 Å². The summed E-state index contributed by atoms with van der Waals surface area (Å²) in [5.74, 6) is 1.96. The van der Waals surface area contributed by atoms with E-state index in [-0.39, 0.29) is 17.7 Å². The van der Waals surface area contributed by atoms with Crippen LogP contribution in [0.4, 0.5) is 10.2 Å². The van der Waals surface area contributed by atoms with E-state index in [9.17, 15) is 9.18 Å². The number of likely N-dealkylation sites (tertiary alicyclic amines) is 1. The molecule has 1 aliphatic carbocycles. The number of aromatic nitrogens is 4. The second-order valence-electron chi connectivity index (χ2n) is 12.0. The largest absolute Gasteiger partial charge is 0.469 e. The molecule has 1 saturated heterocycles. The number of anilines is 1. The molecule has 224 valence electrons. The third kappa shape index (κ3) is 5.43. The first-order valence-corrected chi connectivity index (χ1v) is 15.2. The molecule has 1 aliphatic heterocycles. The number of methoxy groups -OCH3 is 1. The molecule has 8 nitrogen and oxygen atoms in total. The van der Waals surface area contributed by atoms with Gasteiger partial charge in [0.05, 0.1) is 18.6 Å². The van der Waals surface area contributed by atoms with Crippen LogP contribution in [0.2, 0.25) is 0 Å². The van der Waals surface area contributed by atoms with E-state index in [0.717, 1.165) is 67.7 Å². The molecule has 1 saturated carbocycles. The van der Waals surface area contributed by atoms with E-state index in [1.54, 1.807) is 24.5 Å². The Balaban J connectivity index is 1.11. The number of nitrogens with zero attached hydrogens (tertiary/aromatic N) is 5. The van der Waals surface area contributed by atoms with Crippen molar-refractivity contribution in [3.8, 4) is 28.2 Å². The molecule has 5 aromatic rings. The SMILES string of the molecule is COC(=O)C1CCC(CN2CC(c3ccc(-n4c(-c5cccnc5N)nc5cc(-c6ccc(F)cc6)cnc54)cc3)C2)CC1. The molecule has 0 unspecified atom stereocenters. The number of nitrogen functional groups attached to an aromatic ring is 1. The third-order valence-corrected chi connectivity index (χ3v) is 9.23. The van der Waals surface area contributed by atoms with Gasteiger partial charge in [-0.05, 0) is 85.2 Å². The van der Waals surface area contributed by atoms with E-state index in [0.29, 0.717) is 34.6 Å². The Hall–Kier alpha value is -4.63. The van der Waals surface area contributed by atoms with Crippen LogP contribution in [0.5, 0.6) is 0 Å². The van der Waals surface area contributed by atoms with Gasteiger partial charge in [-0.3, -0.25) is 9.36 Å². The highest BCUT2D eigenvalue weighted by molar-refractivity contribution is 5.85. The van der Waals surface area contributed by atoms with Gasteiger partial charge in [0.15, 0.2) is 11.5 Å². The van der Waals surface area contributed by atoms with Gasteiger partial charge in [0.2, 0.25) is 0 Å². The minimum Gasteiger partial charge on any atom is -0.469 e. The monoisotopic (exact) mass is 590 g/mol. The number of fused-ring (bicyclic) bond motifs is 1. The lowest BCUT2D eigenvalue weighted by Crippen LogP contribution is -2.47. The van der Waals surface area contributed by atoms with E-state index in [1.807, 2.05) is 22.8 Å². The fourth-order valence-electron chi connectivity index (χ4n) is 6.73. The highest BCUT2D eigenvalue weighted by atomic mass is 19.1. The maximum absolute atomic E-state index is 13.5. The van der Waals surface area contributed by atoms with Gasteiger partial charge in [-0.25, -0.2) is 19.3 Å². The Morgan fingerprint density at radius 3 is 2.43 bits per heavy atom. The minimum absolute atomic E-state index is 0.0545. The molecule has 3 aromatic heterocycles. The average molecular weight is 591 g/mol. The first-order chi connectivity index (χ1) is 21.5. The zero-order valence-electron chi connectivity index (χ0n) is 24.7. The summed E-state index contributed by atoms with van der Waals surface area (Å²) in [6, 6.07) is 20.8. The van der Waals surface area contributed by atoms with Gasteiger partial charge in [0, 0.05) is 49.2 Å². The summed E-state index contributed by atoms with van der Waals surface area (Å²) in [5.41, 5.74) is 12.4. The molecule has 2 N–H and O–H groups in total. The number of ether oxygens (including phenoxy) is 1. The summed E-state index contributed by atoms with van der Waals surface area (Å²) < 4.78 is 20.5. The zero-order chi connectivity index (χ0) is 30.2. The number of esters is 1. The molecule has 0 amide bonds. The van der Waals surface area contributed by atoms with Crippen LogP contribution in [0.25, 0.3) is 39.4 Å². The molecule has 4 heterocycles. The van der Waals surface area contributed by atoms with Gasteiger partial charge in [-0.2, -0.15) is 0 Å². The van der Waals surface area contributed by atoms with E-state index >= 15 is 0 Å². The first kappa shape index (κ1) is 28.2. The smallest absolute Gasteiger partial charge is 0.308 e. The first-order valence-electron chi connectivity index (χ1n) is 15.2. The number of pyridine rings is 2. The van der Waals surface area contributed by atoms with E-state index < -0.39 is 0 Å². The van der Waals surface area contributed by atoms with Crippen molar-refractivity contribution in [2.75, 3.05) is 32.5 Å². The Morgan fingerprint density at radius 2 is 1.73 bits per heavy atom. The molecule has 9 heteroatoms. The number of hydrogen-bond donors (Lipinski definition) is 1. The molecule has 2 fully saturated rings. The fourth-order valence-corrected chi connectivity index (χ4v) is 6.73. The summed E-state index contributed by atoms with van der Waals surface area (Å²) in [4.78, 5) is 28.5. The summed E-state index contributed by atoms with van der Waals surface area (Å²) >= 11 is 0. The lowest BCUT2D eigenvalue weighted by atomic mass is 9.80. The lowest BCUT2D eigenvalue weighted by Gasteiger charge is -2.42. The third-order valence-electron chi connectivity index (χ3n) is 9.23. The molecule has 44 heavy (non-hydrogen) atoms. The quantitative estimate of drug-likeness (QED) is 0.224. The Bertz CT molecular complexity index is 1790. The predicted molar refractivity (Wildman–Crippen MR) is 169 cm³/mol. The summed E-state index contributed by atoms with van der Waals surface area (Å²) in [6.45, 7) is 3.20. The maximum Gasteiger partial charge on any atom is 0.308 e. The minimum atomic E-state index is -0.279. The number of hydrogen-bond acceptors (Lipinski definition) is 7. The van der Waals surface area contributed by atoms with Crippen LogP contribution in [-0.4, -0.2) is 57.1 Å². The number of halogens is 1. The zero-order valence-corrected chi connectivity index (χ0v) is 24.7. The molecule has 2 aromatic carbocycles. The second-order valence-corrected chi connectivity index (χ2v) is 12.0. The normalized spacial score (nSPS) is 19.1. The van der Waals surface area contributed by atoms with Crippen molar-refractivity contribution in [1.29, 1.82) is 0 Å². The van der Waals surface area contributed by atoms with Crippen LogP contribution < -0.4 is 5.73 Å². The van der Waals surface area contributed by atoms with Crippen LogP contribution in [-0.2, 0) is 9.53 Å². The molecule has 2 aliphatic rings. The molecule has 7 rings (SSSR count). The highest BCUT2D eigenvalue weighted by Crippen LogP contribution is 2.36. The number of imidazole rings is 1. The van der Waals surface area contributed by atoms with Crippen molar-refractivity contribution >= 4 is 23.0 Å². The van der Waals surface area contributed by atoms with Gasteiger partial charge in [-0.1, -0.05) is 24.3 Å². The number of rotatable bonds is 7.